The van der Waals surface area contributed by atoms with Crippen molar-refractivity contribution in [3.8, 4) is 0 Å². The van der Waals surface area contributed by atoms with Crippen LogP contribution in [-0.2, 0) is 19.7 Å². The van der Waals surface area contributed by atoms with Gasteiger partial charge in [-0.15, -0.1) is 0 Å². The van der Waals surface area contributed by atoms with Gasteiger partial charge in [0, 0.05) is 0 Å². The van der Waals surface area contributed by atoms with E-state index < -0.39 is 40.2 Å². The number of sulfonamides is 1. The molecule has 1 aliphatic rings. The van der Waals surface area contributed by atoms with Crippen LogP contribution in [0.5, 0.6) is 0 Å². The van der Waals surface area contributed by atoms with Crippen LogP contribution in [0.25, 0.3) is 0 Å². The van der Waals surface area contributed by atoms with Gasteiger partial charge in [-0.25, -0.2) is 17.6 Å². The number of nitrogens with one attached hydrogen (secondary N) is 1. The molecule has 2 aromatic rings. The molecular weight excluding hydrogens is 367 g/mol. The average molecular weight is 378 g/mol. The first kappa shape index (κ1) is 17.7. The molecule has 2 aromatic carbocycles. The molecule has 0 radical (unpaired) electrons. The predicted molar refractivity (Wildman–Crippen MR) is 84.6 cm³/mol. The van der Waals surface area contributed by atoms with E-state index in [0.717, 1.165) is 18.2 Å². The number of imide groups is 1. The van der Waals surface area contributed by atoms with E-state index in [0.29, 0.717) is 0 Å². The highest BCUT2D eigenvalue weighted by Crippen LogP contribution is 2.22. The van der Waals surface area contributed by atoms with E-state index >= 15 is 0 Å². The van der Waals surface area contributed by atoms with Crippen LogP contribution in [0.4, 0.5) is 4.39 Å². The minimum Gasteiger partial charge on any atom is -0.328 e. The van der Waals surface area contributed by atoms with Crippen LogP contribution in [-0.4, -0.2) is 37.8 Å². The lowest BCUT2D eigenvalue weighted by atomic mass is 10.1. The Hall–Kier alpha value is -3.11. The number of benzene rings is 2. The lowest BCUT2D eigenvalue weighted by Gasteiger charge is -2.13. The Labute approximate surface area is 147 Å². The lowest BCUT2D eigenvalue weighted by molar-refractivity contribution is -0.166. The summed E-state index contributed by atoms with van der Waals surface area (Å²) in [6, 6.07) is 10.1. The van der Waals surface area contributed by atoms with Crippen molar-refractivity contribution in [2.75, 3.05) is 6.54 Å². The second kappa shape index (κ2) is 6.65. The van der Waals surface area contributed by atoms with Crippen LogP contribution in [0.3, 0.4) is 0 Å². The van der Waals surface area contributed by atoms with Crippen molar-refractivity contribution < 1.29 is 32.0 Å². The van der Waals surface area contributed by atoms with Gasteiger partial charge in [-0.05, 0) is 30.3 Å². The van der Waals surface area contributed by atoms with E-state index in [-0.39, 0.29) is 21.1 Å². The van der Waals surface area contributed by atoms with Crippen LogP contribution in [0.1, 0.15) is 20.7 Å². The number of rotatable bonds is 5. The number of amides is 2. The van der Waals surface area contributed by atoms with Crippen molar-refractivity contribution in [1.29, 1.82) is 0 Å². The van der Waals surface area contributed by atoms with Crippen LogP contribution in [0.15, 0.2) is 53.4 Å². The maximum absolute atomic E-state index is 13.1. The molecule has 0 spiro atoms. The van der Waals surface area contributed by atoms with Crippen LogP contribution >= 0.6 is 0 Å². The van der Waals surface area contributed by atoms with E-state index in [1.807, 2.05) is 4.72 Å². The van der Waals surface area contributed by atoms with Crippen LogP contribution in [0.2, 0.25) is 0 Å². The van der Waals surface area contributed by atoms with Gasteiger partial charge in [0.1, 0.15) is 12.4 Å². The SMILES string of the molecule is O=C(CNS(=O)(=O)c1cccc(F)c1)ON1C(=O)c2ccccc2C1=O. The minimum absolute atomic E-state index is 0.0747. The van der Waals surface area contributed by atoms with E-state index in [4.69, 9.17) is 0 Å². The molecule has 1 N–H and O–H groups in total. The first-order valence-corrected chi connectivity index (χ1v) is 8.72. The summed E-state index contributed by atoms with van der Waals surface area (Å²) in [5, 5.41) is 0.267. The molecule has 10 heteroatoms. The topological polar surface area (TPSA) is 110 Å². The van der Waals surface area contributed by atoms with Gasteiger partial charge in [-0.2, -0.15) is 4.72 Å². The van der Waals surface area contributed by atoms with Gasteiger partial charge in [0.05, 0.1) is 16.0 Å². The molecule has 1 heterocycles. The van der Waals surface area contributed by atoms with E-state index in [1.54, 1.807) is 12.1 Å². The molecule has 3 rings (SSSR count). The Morgan fingerprint density at radius 1 is 1.04 bits per heavy atom. The molecule has 8 nitrogen and oxygen atoms in total. The number of hydrogen-bond donors (Lipinski definition) is 1. The standard InChI is InChI=1S/C16H11FN2O6S/c17-10-4-3-5-11(8-10)26(23,24)18-9-14(20)25-19-15(21)12-6-1-2-7-13(12)16(19)22/h1-8,18H,9H2. The highest BCUT2D eigenvalue weighted by atomic mass is 32.2. The van der Waals surface area contributed by atoms with Gasteiger partial charge in [-0.1, -0.05) is 23.3 Å². The van der Waals surface area contributed by atoms with Gasteiger partial charge in [-0.3, -0.25) is 9.59 Å². The Balaban J connectivity index is 1.65. The van der Waals surface area contributed by atoms with Gasteiger partial charge in [0.15, 0.2) is 0 Å². The predicted octanol–water partition coefficient (Wildman–Crippen LogP) is 0.858. The van der Waals surface area contributed by atoms with Gasteiger partial charge in [0.2, 0.25) is 10.0 Å². The molecule has 0 atom stereocenters. The molecule has 0 saturated heterocycles. The molecule has 1 aliphatic heterocycles. The van der Waals surface area contributed by atoms with Crippen molar-refractivity contribution in [1.82, 2.24) is 9.79 Å². The Morgan fingerprint density at radius 2 is 1.65 bits per heavy atom. The maximum Gasteiger partial charge on any atom is 0.347 e. The third kappa shape index (κ3) is 3.32. The summed E-state index contributed by atoms with van der Waals surface area (Å²) in [5.41, 5.74) is 0.149. The largest absolute Gasteiger partial charge is 0.347 e. The molecule has 0 unspecified atom stereocenters. The smallest absolute Gasteiger partial charge is 0.328 e. The summed E-state index contributed by atoms with van der Waals surface area (Å²) in [5.74, 6) is -3.60. The fourth-order valence-corrected chi connectivity index (χ4v) is 3.26. The molecular formula is C16H11FN2O6S. The zero-order valence-corrected chi connectivity index (χ0v) is 13.8. The second-order valence-corrected chi connectivity index (χ2v) is 6.96. The van der Waals surface area contributed by atoms with Crippen LogP contribution < -0.4 is 4.72 Å². The third-order valence-electron chi connectivity index (χ3n) is 3.46. The fraction of sp³-hybridized carbons (Fsp3) is 0.0625. The molecule has 0 aliphatic carbocycles. The monoisotopic (exact) mass is 378 g/mol. The fourth-order valence-electron chi connectivity index (χ4n) is 2.26. The number of hydrogen-bond acceptors (Lipinski definition) is 6. The summed E-state index contributed by atoms with van der Waals surface area (Å²) >= 11 is 0. The summed E-state index contributed by atoms with van der Waals surface area (Å²) in [7, 11) is -4.17. The Kier molecular flexibility index (Phi) is 4.53. The average Bonchev–Trinajstić information content (AvgIpc) is 2.85. The molecule has 134 valence electrons. The zero-order valence-electron chi connectivity index (χ0n) is 13.0. The number of fused-ring (bicyclic) bond motifs is 1. The van der Waals surface area contributed by atoms with Crippen molar-refractivity contribution in [3.05, 3.63) is 65.5 Å². The molecule has 2 amide bonds. The number of carbonyl (C=O) groups excluding carboxylic acids is 3. The van der Waals surface area contributed by atoms with E-state index in [9.17, 15) is 27.2 Å². The van der Waals surface area contributed by atoms with Gasteiger partial charge >= 0.3 is 5.97 Å². The number of carbonyl (C=O) groups is 3. The normalized spacial score (nSPS) is 13.7. The van der Waals surface area contributed by atoms with E-state index in [2.05, 4.69) is 4.84 Å². The number of halogens is 1. The summed E-state index contributed by atoms with van der Waals surface area (Å²) in [6.07, 6.45) is 0. The zero-order chi connectivity index (χ0) is 18.9. The number of nitrogens with zero attached hydrogens (tertiary/aromatic N) is 1. The van der Waals surface area contributed by atoms with Crippen LogP contribution in [0, 0.1) is 5.82 Å². The highest BCUT2D eigenvalue weighted by Gasteiger charge is 2.38. The third-order valence-corrected chi connectivity index (χ3v) is 4.86. The molecule has 0 bridgehead atoms. The van der Waals surface area contributed by atoms with Crippen molar-refractivity contribution in [3.63, 3.8) is 0 Å². The molecule has 0 saturated carbocycles. The maximum atomic E-state index is 13.1. The summed E-state index contributed by atoms with van der Waals surface area (Å²) < 4.78 is 39.0. The Bertz CT molecular complexity index is 986. The minimum atomic E-state index is -4.17. The molecule has 0 fully saturated rings. The first-order chi connectivity index (χ1) is 12.3. The van der Waals surface area contributed by atoms with Crippen molar-refractivity contribution >= 4 is 27.8 Å². The quantitative estimate of drug-likeness (QED) is 0.773. The first-order valence-electron chi connectivity index (χ1n) is 7.23. The second-order valence-electron chi connectivity index (χ2n) is 5.20. The number of hydroxylamine groups is 2. The van der Waals surface area contributed by atoms with Crippen molar-refractivity contribution in [2.45, 2.75) is 4.90 Å². The molecule has 0 aromatic heterocycles. The summed E-state index contributed by atoms with van der Waals surface area (Å²) in [6.45, 7) is -0.855. The Morgan fingerprint density at radius 3 is 2.23 bits per heavy atom. The van der Waals surface area contributed by atoms with Gasteiger partial charge < -0.3 is 4.84 Å². The summed E-state index contributed by atoms with van der Waals surface area (Å²) in [4.78, 5) is 40.2. The highest BCUT2D eigenvalue weighted by molar-refractivity contribution is 7.89. The van der Waals surface area contributed by atoms with Gasteiger partial charge in [0.25, 0.3) is 11.8 Å². The molecule has 26 heavy (non-hydrogen) atoms. The lowest BCUT2D eigenvalue weighted by Crippen LogP contribution is -2.38. The van der Waals surface area contributed by atoms with E-state index in [1.165, 1.54) is 18.2 Å². The van der Waals surface area contributed by atoms with Crippen molar-refractivity contribution in [2.24, 2.45) is 0 Å².